The second-order valence-electron chi connectivity index (χ2n) is 6.76. The van der Waals surface area contributed by atoms with Crippen LogP contribution in [0.15, 0.2) is 11.8 Å². The van der Waals surface area contributed by atoms with Crippen LogP contribution in [0, 0.1) is 5.92 Å². The number of aliphatic carboxylic acids is 1. The van der Waals surface area contributed by atoms with E-state index >= 15 is 0 Å². The van der Waals surface area contributed by atoms with Crippen LogP contribution in [0.3, 0.4) is 0 Å². The van der Waals surface area contributed by atoms with Crippen LogP contribution in [-0.2, 0) is 38.4 Å². The number of nitrogens with one attached hydrogen (secondary N) is 1. The number of aliphatic hydroxyl groups excluding tert-OH is 4. The van der Waals surface area contributed by atoms with Crippen LogP contribution in [0.2, 0.25) is 0 Å². The number of hydrogen-bond donors (Lipinski definition) is 7. The van der Waals surface area contributed by atoms with Crippen molar-refractivity contribution in [1.29, 1.82) is 0 Å². The number of rotatable bonds is 8. The largest absolute Gasteiger partial charge is 0.475 e. The molecule has 0 aliphatic carbocycles. The van der Waals surface area contributed by atoms with E-state index in [-0.39, 0.29) is 0 Å². The summed E-state index contributed by atoms with van der Waals surface area (Å²) in [5, 5.41) is 50.7. The molecular weight excluding hydrogens is 450 g/mol. The molecule has 1 amide bonds. The summed E-state index contributed by atoms with van der Waals surface area (Å²) in [5.41, 5.74) is 0. The van der Waals surface area contributed by atoms with Gasteiger partial charge in [0.05, 0.1) is 19.3 Å². The van der Waals surface area contributed by atoms with Gasteiger partial charge in [-0.25, -0.2) is 8.98 Å². The molecule has 178 valence electrons. The molecule has 0 radical (unpaired) electrons. The van der Waals surface area contributed by atoms with Crippen LogP contribution in [0.25, 0.3) is 0 Å². The zero-order valence-electron chi connectivity index (χ0n) is 16.0. The molecule has 8 atom stereocenters. The molecular formula is C15H23NO14S. The molecule has 0 aromatic heterocycles. The Morgan fingerprint density at radius 1 is 1.26 bits per heavy atom. The van der Waals surface area contributed by atoms with E-state index in [9.17, 15) is 38.4 Å². The third-order valence-corrected chi connectivity index (χ3v) is 4.98. The van der Waals surface area contributed by atoms with E-state index in [0.29, 0.717) is 0 Å². The molecule has 2 aliphatic heterocycles. The first-order valence-corrected chi connectivity index (χ1v) is 10.2. The lowest BCUT2D eigenvalue weighted by atomic mass is 9.87. The highest BCUT2D eigenvalue weighted by atomic mass is 32.3. The molecule has 0 saturated carbocycles. The van der Waals surface area contributed by atoms with Crippen molar-refractivity contribution < 1.29 is 66.5 Å². The number of hydrogen-bond acceptors (Lipinski definition) is 12. The Morgan fingerprint density at radius 3 is 2.42 bits per heavy atom. The molecule has 0 aromatic rings. The number of carboxylic acid groups (broad SMARTS) is 1. The van der Waals surface area contributed by atoms with E-state index in [1.807, 2.05) is 0 Å². The standard InChI is InChI=1S/C15H23NO14S/c1-5(18)16-10-6(12(30-31(24,25)26)9(3-17)28-14(10)23)4-27-15-11(20)7(19)2-8(29-15)13(21)22/h2,6-7,9-12,14-15,17,19-20,23H,3-4H2,1H3,(H,16,18)(H,21,22)(H,24,25,26)/t6-,7+,9-,10-,11+,12-,14?,15-/m1/s1. The second-order valence-corrected chi connectivity index (χ2v) is 7.81. The fourth-order valence-electron chi connectivity index (χ4n) is 3.17. The van der Waals surface area contributed by atoms with Gasteiger partial charge in [-0.05, 0) is 6.08 Å². The summed E-state index contributed by atoms with van der Waals surface area (Å²) in [6.07, 6.45) is -9.39. The lowest BCUT2D eigenvalue weighted by Crippen LogP contribution is -2.63. The molecule has 7 N–H and O–H groups in total. The SMILES string of the molecule is CC(=O)N[C@H]1C(O)O[C@H](CO)[C@H](OS(=O)(=O)O)[C@@H]1CO[C@@H]1OC(C(=O)O)=C[C@H](O)[C@@H]1O. The number of amides is 1. The van der Waals surface area contributed by atoms with Crippen molar-refractivity contribution in [2.75, 3.05) is 13.2 Å². The molecule has 31 heavy (non-hydrogen) atoms. The molecule has 0 spiro atoms. The maximum Gasteiger partial charge on any atom is 0.397 e. The number of ether oxygens (including phenoxy) is 3. The van der Waals surface area contributed by atoms with Crippen molar-refractivity contribution in [3.05, 3.63) is 11.8 Å². The molecule has 15 nitrogen and oxygen atoms in total. The van der Waals surface area contributed by atoms with Crippen LogP contribution in [0.4, 0.5) is 0 Å². The Bertz CT molecular complexity index is 800. The van der Waals surface area contributed by atoms with Crippen LogP contribution >= 0.6 is 0 Å². The van der Waals surface area contributed by atoms with Gasteiger partial charge in [0, 0.05) is 12.8 Å². The average molecular weight is 473 g/mol. The minimum absolute atomic E-state index is 0.675. The molecule has 1 saturated heterocycles. The number of carbonyl (C=O) groups excluding carboxylic acids is 1. The lowest BCUT2D eigenvalue weighted by molar-refractivity contribution is -0.258. The quantitative estimate of drug-likeness (QED) is 0.167. The molecule has 0 aromatic carbocycles. The summed E-state index contributed by atoms with van der Waals surface area (Å²) >= 11 is 0. The van der Waals surface area contributed by atoms with Crippen molar-refractivity contribution in [2.24, 2.45) is 5.92 Å². The summed E-state index contributed by atoms with van der Waals surface area (Å²) in [6.45, 7) is -0.465. The average Bonchev–Trinajstić information content (AvgIpc) is 2.64. The molecule has 2 rings (SSSR count). The minimum atomic E-state index is -5.10. The van der Waals surface area contributed by atoms with Crippen LogP contribution in [-0.4, -0.2) is 107 Å². The third-order valence-electron chi connectivity index (χ3n) is 4.51. The van der Waals surface area contributed by atoms with Gasteiger partial charge in [-0.3, -0.25) is 9.35 Å². The number of carboxylic acids is 1. The zero-order chi connectivity index (χ0) is 23.5. The molecule has 0 bridgehead atoms. The normalized spacial score (nSPS) is 36.3. The van der Waals surface area contributed by atoms with Gasteiger partial charge in [-0.1, -0.05) is 0 Å². The van der Waals surface area contributed by atoms with Crippen molar-refractivity contribution in [3.8, 4) is 0 Å². The highest BCUT2D eigenvalue weighted by molar-refractivity contribution is 7.80. The van der Waals surface area contributed by atoms with Gasteiger partial charge in [0.1, 0.15) is 24.4 Å². The number of carbonyl (C=O) groups is 2. The monoisotopic (exact) mass is 473 g/mol. The third kappa shape index (κ3) is 6.55. The van der Waals surface area contributed by atoms with Crippen molar-refractivity contribution in [1.82, 2.24) is 5.32 Å². The molecule has 1 unspecified atom stereocenters. The smallest absolute Gasteiger partial charge is 0.397 e. The Morgan fingerprint density at radius 2 is 1.90 bits per heavy atom. The van der Waals surface area contributed by atoms with E-state index in [1.54, 1.807) is 0 Å². The highest BCUT2D eigenvalue weighted by Gasteiger charge is 2.49. The van der Waals surface area contributed by atoms with Crippen molar-refractivity contribution in [3.63, 3.8) is 0 Å². The molecule has 16 heteroatoms. The van der Waals surface area contributed by atoms with E-state index in [0.717, 1.165) is 13.0 Å². The van der Waals surface area contributed by atoms with Crippen molar-refractivity contribution in [2.45, 2.75) is 50.0 Å². The number of aliphatic hydroxyl groups is 4. The van der Waals surface area contributed by atoms with E-state index in [4.69, 9.17) is 23.9 Å². The first-order valence-electron chi connectivity index (χ1n) is 8.80. The molecule has 1 fully saturated rings. The van der Waals surface area contributed by atoms with Gasteiger partial charge in [0.15, 0.2) is 6.29 Å². The summed E-state index contributed by atoms with van der Waals surface area (Å²) in [4.78, 5) is 22.6. The molecule has 2 heterocycles. The predicted octanol–water partition coefficient (Wildman–Crippen LogP) is -3.93. The summed E-state index contributed by atoms with van der Waals surface area (Å²) in [7, 11) is -5.10. The minimum Gasteiger partial charge on any atom is -0.475 e. The van der Waals surface area contributed by atoms with Crippen LogP contribution < -0.4 is 5.32 Å². The zero-order valence-corrected chi connectivity index (χ0v) is 16.8. The highest BCUT2D eigenvalue weighted by Crippen LogP contribution is 2.30. The fraction of sp³-hybridized carbons (Fsp3) is 0.733. The maximum absolute atomic E-state index is 11.5. The van der Waals surface area contributed by atoms with Gasteiger partial charge < -0.3 is 45.1 Å². The van der Waals surface area contributed by atoms with Gasteiger partial charge in [0.25, 0.3) is 0 Å². The Kier molecular flexibility index (Phi) is 8.31. The Labute approximate surface area is 175 Å². The summed E-state index contributed by atoms with van der Waals surface area (Å²) < 4.78 is 51.4. The molecule has 2 aliphatic rings. The van der Waals surface area contributed by atoms with Crippen molar-refractivity contribution >= 4 is 22.3 Å². The van der Waals surface area contributed by atoms with Gasteiger partial charge in [-0.2, -0.15) is 8.42 Å². The van der Waals surface area contributed by atoms with E-state index in [1.165, 1.54) is 0 Å². The Hall–Kier alpha value is -1.89. The maximum atomic E-state index is 11.5. The Balaban J connectivity index is 2.29. The van der Waals surface area contributed by atoms with Crippen LogP contribution in [0.1, 0.15) is 6.92 Å². The first kappa shape index (κ1) is 25.4. The van der Waals surface area contributed by atoms with E-state index in [2.05, 4.69) is 9.50 Å². The first-order chi connectivity index (χ1) is 14.3. The second kappa shape index (κ2) is 10.2. The van der Waals surface area contributed by atoms with E-state index < -0.39 is 90.2 Å². The van der Waals surface area contributed by atoms with Gasteiger partial charge in [-0.15, -0.1) is 0 Å². The summed E-state index contributed by atoms with van der Waals surface area (Å²) in [5.74, 6) is -4.30. The van der Waals surface area contributed by atoms with Gasteiger partial charge >= 0.3 is 16.4 Å². The summed E-state index contributed by atoms with van der Waals surface area (Å²) in [6, 6.07) is -1.38. The predicted molar refractivity (Wildman–Crippen MR) is 94.0 cm³/mol. The van der Waals surface area contributed by atoms with Gasteiger partial charge in [0.2, 0.25) is 18.0 Å². The lowest BCUT2D eigenvalue weighted by Gasteiger charge is -2.44. The fourth-order valence-corrected chi connectivity index (χ4v) is 3.72. The van der Waals surface area contributed by atoms with Crippen LogP contribution in [0.5, 0.6) is 0 Å². The topological polar surface area (TPSA) is 239 Å².